The quantitative estimate of drug-likeness (QED) is 0.725. The van der Waals surface area contributed by atoms with Crippen molar-refractivity contribution < 1.29 is 9.32 Å². The molecule has 0 saturated heterocycles. The molecule has 1 heterocycles. The van der Waals surface area contributed by atoms with Crippen molar-refractivity contribution >= 4 is 5.91 Å². The highest BCUT2D eigenvalue weighted by molar-refractivity contribution is 5.94. The summed E-state index contributed by atoms with van der Waals surface area (Å²) >= 11 is 0. The van der Waals surface area contributed by atoms with Gasteiger partial charge < -0.3 is 9.42 Å². The first-order valence-corrected chi connectivity index (χ1v) is 8.16. The third kappa shape index (κ3) is 3.76. The number of amides is 1. The number of aromatic nitrogens is 2. The Morgan fingerprint density at radius 1 is 1.08 bits per heavy atom. The van der Waals surface area contributed by atoms with Gasteiger partial charge in [0.1, 0.15) is 0 Å². The van der Waals surface area contributed by atoms with E-state index in [4.69, 9.17) is 4.52 Å². The fourth-order valence-electron chi connectivity index (χ4n) is 2.59. The Morgan fingerprint density at radius 3 is 2.60 bits per heavy atom. The Labute approximate surface area is 147 Å². The highest BCUT2D eigenvalue weighted by atomic mass is 16.5. The minimum atomic E-state index is -0.0709. The molecule has 0 saturated carbocycles. The van der Waals surface area contributed by atoms with Crippen LogP contribution in [0.1, 0.15) is 32.9 Å². The van der Waals surface area contributed by atoms with E-state index in [1.807, 2.05) is 63.2 Å². The van der Waals surface area contributed by atoms with Crippen molar-refractivity contribution in [1.29, 1.82) is 0 Å². The van der Waals surface area contributed by atoms with Crippen LogP contribution in [-0.2, 0) is 6.54 Å². The Hall–Kier alpha value is -2.95. The predicted octanol–water partition coefficient (Wildman–Crippen LogP) is 3.93. The van der Waals surface area contributed by atoms with Gasteiger partial charge in [0.2, 0.25) is 11.7 Å². The molecule has 0 aliphatic rings. The molecule has 0 bridgehead atoms. The number of hydrogen-bond acceptors (Lipinski definition) is 4. The molecule has 0 aliphatic heterocycles. The molecule has 3 rings (SSSR count). The first kappa shape index (κ1) is 16.9. The summed E-state index contributed by atoms with van der Waals surface area (Å²) in [7, 11) is 1.73. The Balaban J connectivity index is 1.74. The molecule has 128 valence electrons. The second-order valence-corrected chi connectivity index (χ2v) is 6.34. The van der Waals surface area contributed by atoms with Gasteiger partial charge in [-0.3, -0.25) is 4.79 Å². The molecular weight excluding hydrogens is 314 g/mol. The van der Waals surface area contributed by atoms with Gasteiger partial charge >= 0.3 is 0 Å². The standard InChI is InChI=1S/C20H21N3O2/c1-13-6-5-7-16(10-13)19-21-18(25-22-19)12-23(4)20(24)17-9-8-14(2)15(3)11-17/h5-11H,12H2,1-4H3. The summed E-state index contributed by atoms with van der Waals surface area (Å²) in [6, 6.07) is 13.6. The normalized spacial score (nSPS) is 10.7. The number of carbonyl (C=O) groups excluding carboxylic acids is 1. The molecule has 3 aromatic rings. The van der Waals surface area contributed by atoms with E-state index in [0.717, 1.165) is 16.7 Å². The summed E-state index contributed by atoms with van der Waals surface area (Å²) in [5.41, 5.74) is 4.95. The molecule has 1 amide bonds. The molecule has 25 heavy (non-hydrogen) atoms. The van der Waals surface area contributed by atoms with Crippen molar-refractivity contribution in [3.63, 3.8) is 0 Å². The molecule has 5 heteroatoms. The van der Waals surface area contributed by atoms with Crippen LogP contribution in [0.25, 0.3) is 11.4 Å². The molecule has 2 aromatic carbocycles. The SMILES string of the molecule is Cc1cccc(-c2noc(CN(C)C(=O)c3ccc(C)c(C)c3)n2)c1. The zero-order valence-corrected chi connectivity index (χ0v) is 14.9. The molecular formula is C20H21N3O2. The third-order valence-electron chi connectivity index (χ3n) is 4.22. The van der Waals surface area contributed by atoms with E-state index in [2.05, 4.69) is 10.1 Å². The molecule has 5 nitrogen and oxygen atoms in total. The van der Waals surface area contributed by atoms with Gasteiger partial charge in [0, 0.05) is 18.2 Å². The summed E-state index contributed by atoms with van der Waals surface area (Å²) in [5.74, 6) is 0.875. The van der Waals surface area contributed by atoms with Crippen molar-refractivity contribution in [2.24, 2.45) is 0 Å². The van der Waals surface area contributed by atoms with Crippen LogP contribution in [0.3, 0.4) is 0 Å². The zero-order valence-electron chi connectivity index (χ0n) is 14.9. The molecule has 0 radical (unpaired) electrons. The average molecular weight is 335 g/mol. The fraction of sp³-hybridized carbons (Fsp3) is 0.250. The van der Waals surface area contributed by atoms with Crippen LogP contribution in [0.15, 0.2) is 47.0 Å². The largest absolute Gasteiger partial charge is 0.337 e. The average Bonchev–Trinajstić information content (AvgIpc) is 3.05. The van der Waals surface area contributed by atoms with Crippen molar-refractivity contribution in [2.75, 3.05) is 7.05 Å². The first-order valence-electron chi connectivity index (χ1n) is 8.16. The number of benzene rings is 2. The van der Waals surface area contributed by atoms with Gasteiger partial charge in [0.05, 0.1) is 6.54 Å². The summed E-state index contributed by atoms with van der Waals surface area (Å²) in [5, 5.41) is 4.01. The molecule has 0 N–H and O–H groups in total. The van der Waals surface area contributed by atoms with E-state index in [1.54, 1.807) is 11.9 Å². The van der Waals surface area contributed by atoms with Gasteiger partial charge in [-0.25, -0.2) is 0 Å². The topological polar surface area (TPSA) is 59.2 Å². The number of hydrogen-bond donors (Lipinski definition) is 0. The van der Waals surface area contributed by atoms with Crippen molar-refractivity contribution in [1.82, 2.24) is 15.0 Å². The van der Waals surface area contributed by atoms with Crippen LogP contribution in [0.4, 0.5) is 0 Å². The molecule has 0 spiro atoms. The van der Waals surface area contributed by atoms with E-state index in [9.17, 15) is 4.79 Å². The van der Waals surface area contributed by atoms with Gasteiger partial charge in [0.15, 0.2) is 0 Å². The molecule has 0 unspecified atom stereocenters. The number of nitrogens with zero attached hydrogens (tertiary/aromatic N) is 3. The van der Waals surface area contributed by atoms with Crippen LogP contribution in [0.5, 0.6) is 0 Å². The van der Waals surface area contributed by atoms with Gasteiger partial charge in [-0.1, -0.05) is 35.0 Å². The summed E-state index contributed by atoms with van der Waals surface area (Å²) in [6.45, 7) is 6.31. The molecule has 1 aromatic heterocycles. The van der Waals surface area contributed by atoms with Gasteiger partial charge in [-0.05, 0) is 50.1 Å². The maximum absolute atomic E-state index is 12.6. The Kier molecular flexibility index (Phi) is 4.65. The van der Waals surface area contributed by atoms with Gasteiger partial charge in [-0.15, -0.1) is 0 Å². The maximum atomic E-state index is 12.6. The van der Waals surface area contributed by atoms with E-state index >= 15 is 0 Å². The minimum Gasteiger partial charge on any atom is -0.337 e. The van der Waals surface area contributed by atoms with Crippen LogP contribution < -0.4 is 0 Å². The number of rotatable bonds is 4. The molecule has 0 atom stereocenters. The Morgan fingerprint density at radius 2 is 1.88 bits per heavy atom. The van der Waals surface area contributed by atoms with Crippen LogP contribution >= 0.6 is 0 Å². The fourth-order valence-corrected chi connectivity index (χ4v) is 2.59. The summed E-state index contributed by atoms with van der Waals surface area (Å²) in [6.07, 6.45) is 0. The smallest absolute Gasteiger partial charge is 0.254 e. The van der Waals surface area contributed by atoms with Crippen LogP contribution in [-0.4, -0.2) is 28.0 Å². The summed E-state index contributed by atoms with van der Waals surface area (Å²) in [4.78, 5) is 18.5. The first-order chi connectivity index (χ1) is 11.9. The van der Waals surface area contributed by atoms with Gasteiger partial charge in [0.25, 0.3) is 5.91 Å². The highest BCUT2D eigenvalue weighted by Crippen LogP contribution is 2.18. The van der Waals surface area contributed by atoms with E-state index in [1.165, 1.54) is 5.56 Å². The second kappa shape index (κ2) is 6.89. The lowest BCUT2D eigenvalue weighted by Gasteiger charge is -2.15. The Bertz CT molecular complexity index is 915. The lowest BCUT2D eigenvalue weighted by atomic mass is 10.1. The molecule has 0 fully saturated rings. The monoisotopic (exact) mass is 335 g/mol. The lowest BCUT2D eigenvalue weighted by molar-refractivity contribution is 0.0769. The predicted molar refractivity (Wildman–Crippen MR) is 96.2 cm³/mol. The van der Waals surface area contributed by atoms with Gasteiger partial charge in [-0.2, -0.15) is 4.98 Å². The van der Waals surface area contributed by atoms with Crippen LogP contribution in [0, 0.1) is 20.8 Å². The van der Waals surface area contributed by atoms with Crippen molar-refractivity contribution in [2.45, 2.75) is 27.3 Å². The minimum absolute atomic E-state index is 0.0709. The van der Waals surface area contributed by atoms with E-state index < -0.39 is 0 Å². The zero-order chi connectivity index (χ0) is 18.0. The third-order valence-corrected chi connectivity index (χ3v) is 4.22. The van der Waals surface area contributed by atoms with E-state index in [0.29, 0.717) is 17.3 Å². The lowest BCUT2D eigenvalue weighted by Crippen LogP contribution is -2.26. The maximum Gasteiger partial charge on any atom is 0.254 e. The number of carbonyl (C=O) groups is 1. The summed E-state index contributed by atoms with van der Waals surface area (Å²) < 4.78 is 5.30. The second-order valence-electron chi connectivity index (χ2n) is 6.34. The molecule has 0 aliphatic carbocycles. The van der Waals surface area contributed by atoms with Crippen molar-refractivity contribution in [3.8, 4) is 11.4 Å². The highest BCUT2D eigenvalue weighted by Gasteiger charge is 2.16. The van der Waals surface area contributed by atoms with E-state index in [-0.39, 0.29) is 12.5 Å². The number of aryl methyl sites for hydroxylation is 3. The van der Waals surface area contributed by atoms with Crippen LogP contribution in [0.2, 0.25) is 0 Å². The van der Waals surface area contributed by atoms with Crippen molar-refractivity contribution in [3.05, 3.63) is 70.6 Å².